The van der Waals surface area contributed by atoms with Gasteiger partial charge in [-0.05, 0) is 52.1 Å². The van der Waals surface area contributed by atoms with E-state index in [1.165, 1.54) is 25.0 Å². The van der Waals surface area contributed by atoms with Crippen LogP contribution in [0.1, 0.15) is 43.5 Å². The van der Waals surface area contributed by atoms with Gasteiger partial charge in [-0.15, -0.1) is 0 Å². The summed E-state index contributed by atoms with van der Waals surface area (Å²) in [6.45, 7) is 12.6. The van der Waals surface area contributed by atoms with Crippen molar-refractivity contribution >= 4 is 17.7 Å². The predicted molar refractivity (Wildman–Crippen MR) is 113 cm³/mol. The zero-order valence-electron chi connectivity index (χ0n) is 17.3. The fraction of sp³-hybridized carbons (Fsp3) is 0.800. The van der Waals surface area contributed by atoms with Gasteiger partial charge in [0.2, 0.25) is 5.89 Å². The van der Waals surface area contributed by atoms with Crippen molar-refractivity contribution < 1.29 is 4.42 Å². The molecule has 0 amide bonds. The lowest BCUT2D eigenvalue weighted by Gasteiger charge is -2.36. The SMILES string of the molecule is CCC1CN(C(=NC)NCC2CCN(Cc3nc(C)c(C)o3)CC2)CCS1. The van der Waals surface area contributed by atoms with Gasteiger partial charge in [0.05, 0.1) is 12.2 Å². The highest BCUT2D eigenvalue weighted by Crippen LogP contribution is 2.22. The fourth-order valence-corrected chi connectivity index (χ4v) is 5.05. The Morgan fingerprint density at radius 3 is 2.70 bits per heavy atom. The highest BCUT2D eigenvalue weighted by atomic mass is 32.2. The molecule has 3 rings (SSSR count). The molecule has 3 heterocycles. The normalized spacial score (nSPS) is 23.0. The summed E-state index contributed by atoms with van der Waals surface area (Å²) in [6, 6.07) is 0. The molecule has 0 saturated carbocycles. The van der Waals surface area contributed by atoms with Crippen LogP contribution < -0.4 is 5.32 Å². The van der Waals surface area contributed by atoms with E-state index < -0.39 is 0 Å². The van der Waals surface area contributed by atoms with E-state index in [4.69, 9.17) is 4.42 Å². The van der Waals surface area contributed by atoms with Crippen molar-refractivity contribution in [3.8, 4) is 0 Å². The smallest absolute Gasteiger partial charge is 0.208 e. The molecule has 1 atom stereocenters. The van der Waals surface area contributed by atoms with E-state index >= 15 is 0 Å². The van der Waals surface area contributed by atoms with Crippen molar-refractivity contribution in [3.63, 3.8) is 0 Å². The van der Waals surface area contributed by atoms with Gasteiger partial charge in [-0.25, -0.2) is 4.98 Å². The van der Waals surface area contributed by atoms with Crippen LogP contribution in [0, 0.1) is 19.8 Å². The Balaban J connectivity index is 1.40. The number of rotatable bonds is 5. The third-order valence-electron chi connectivity index (χ3n) is 5.79. The molecule has 2 fully saturated rings. The zero-order valence-corrected chi connectivity index (χ0v) is 18.1. The average molecular weight is 394 g/mol. The Hall–Kier alpha value is -1.21. The Kier molecular flexibility index (Phi) is 7.47. The Bertz CT molecular complexity index is 604. The van der Waals surface area contributed by atoms with Gasteiger partial charge in [-0.3, -0.25) is 9.89 Å². The first-order valence-electron chi connectivity index (χ1n) is 10.3. The summed E-state index contributed by atoms with van der Waals surface area (Å²) in [5.41, 5.74) is 1.01. The van der Waals surface area contributed by atoms with Crippen LogP contribution in [0.2, 0.25) is 0 Å². The minimum Gasteiger partial charge on any atom is -0.444 e. The van der Waals surface area contributed by atoms with Crippen LogP contribution in [0.5, 0.6) is 0 Å². The van der Waals surface area contributed by atoms with Gasteiger partial charge in [-0.1, -0.05) is 6.92 Å². The lowest BCUT2D eigenvalue weighted by atomic mass is 9.97. The molecule has 0 aromatic carbocycles. The molecule has 7 heteroatoms. The first kappa shape index (κ1) is 20.5. The number of aliphatic imine (C=N–C) groups is 1. The third-order valence-corrected chi connectivity index (χ3v) is 7.17. The third kappa shape index (κ3) is 5.64. The number of nitrogens with one attached hydrogen (secondary N) is 1. The van der Waals surface area contributed by atoms with Crippen molar-refractivity contribution in [1.82, 2.24) is 20.1 Å². The molecule has 27 heavy (non-hydrogen) atoms. The Labute approximate surface area is 168 Å². The first-order chi connectivity index (χ1) is 13.1. The summed E-state index contributed by atoms with van der Waals surface area (Å²) in [4.78, 5) is 14.0. The van der Waals surface area contributed by atoms with Crippen LogP contribution in [0.25, 0.3) is 0 Å². The summed E-state index contributed by atoms with van der Waals surface area (Å²) in [5, 5.41) is 4.39. The molecule has 2 aliphatic heterocycles. The highest BCUT2D eigenvalue weighted by Gasteiger charge is 2.24. The molecule has 1 N–H and O–H groups in total. The van der Waals surface area contributed by atoms with E-state index in [2.05, 4.69) is 43.8 Å². The van der Waals surface area contributed by atoms with Crippen molar-refractivity contribution in [2.24, 2.45) is 10.9 Å². The molecular weight excluding hydrogens is 358 g/mol. The maximum Gasteiger partial charge on any atom is 0.208 e. The maximum absolute atomic E-state index is 5.73. The zero-order chi connectivity index (χ0) is 19.2. The van der Waals surface area contributed by atoms with Gasteiger partial charge in [0.1, 0.15) is 5.76 Å². The average Bonchev–Trinajstić information content (AvgIpc) is 3.01. The number of oxazole rings is 1. The van der Waals surface area contributed by atoms with E-state index in [1.54, 1.807) is 0 Å². The van der Waals surface area contributed by atoms with E-state index in [0.717, 1.165) is 67.8 Å². The van der Waals surface area contributed by atoms with Crippen LogP contribution in [0.3, 0.4) is 0 Å². The molecule has 1 unspecified atom stereocenters. The number of hydrogen-bond donors (Lipinski definition) is 1. The van der Waals surface area contributed by atoms with Crippen LogP contribution in [0.4, 0.5) is 0 Å². The highest BCUT2D eigenvalue weighted by molar-refractivity contribution is 8.00. The van der Waals surface area contributed by atoms with Crippen molar-refractivity contribution in [3.05, 3.63) is 17.3 Å². The number of likely N-dealkylation sites (tertiary alicyclic amines) is 1. The number of nitrogens with zero attached hydrogens (tertiary/aromatic N) is 4. The minimum absolute atomic E-state index is 0.715. The molecule has 0 radical (unpaired) electrons. The van der Waals surface area contributed by atoms with Gasteiger partial charge in [0, 0.05) is 37.7 Å². The number of aromatic nitrogens is 1. The molecule has 0 bridgehead atoms. The monoisotopic (exact) mass is 393 g/mol. The lowest BCUT2D eigenvalue weighted by molar-refractivity contribution is 0.163. The summed E-state index contributed by atoms with van der Waals surface area (Å²) in [6.07, 6.45) is 3.67. The number of thioether (sulfide) groups is 1. The number of piperidine rings is 1. The van der Waals surface area contributed by atoms with Gasteiger partial charge < -0.3 is 14.6 Å². The molecule has 2 saturated heterocycles. The van der Waals surface area contributed by atoms with Gasteiger partial charge in [0.15, 0.2) is 5.96 Å². The fourth-order valence-electron chi connectivity index (χ4n) is 3.87. The lowest BCUT2D eigenvalue weighted by Crippen LogP contribution is -2.49. The molecule has 6 nitrogen and oxygen atoms in total. The first-order valence-corrected chi connectivity index (χ1v) is 11.4. The Morgan fingerprint density at radius 1 is 1.30 bits per heavy atom. The number of guanidine groups is 1. The van der Waals surface area contributed by atoms with Gasteiger partial charge >= 0.3 is 0 Å². The standard InChI is InChI=1S/C20H35N5OS/c1-5-18-13-25(10-11-27-18)20(21-4)22-12-17-6-8-24(9-7-17)14-19-23-15(2)16(3)26-19/h17-18H,5-14H2,1-4H3,(H,21,22). The van der Waals surface area contributed by atoms with E-state index in [0.29, 0.717) is 5.92 Å². The summed E-state index contributed by atoms with van der Waals surface area (Å²) in [7, 11) is 1.91. The topological polar surface area (TPSA) is 56.9 Å². The molecule has 1 aromatic heterocycles. The molecule has 1 aromatic rings. The van der Waals surface area contributed by atoms with Gasteiger partial charge in [-0.2, -0.15) is 11.8 Å². The second kappa shape index (κ2) is 9.82. The quantitative estimate of drug-likeness (QED) is 0.613. The van der Waals surface area contributed by atoms with E-state index in [9.17, 15) is 0 Å². The van der Waals surface area contributed by atoms with Crippen LogP contribution in [-0.4, -0.2) is 71.5 Å². The van der Waals surface area contributed by atoms with Crippen LogP contribution in [0.15, 0.2) is 9.41 Å². The van der Waals surface area contributed by atoms with Gasteiger partial charge in [0.25, 0.3) is 0 Å². The second-order valence-corrected chi connectivity index (χ2v) is 9.15. The molecule has 0 aliphatic carbocycles. The van der Waals surface area contributed by atoms with Crippen LogP contribution >= 0.6 is 11.8 Å². The summed E-state index contributed by atoms with van der Waals surface area (Å²) in [5.74, 6) is 4.80. The van der Waals surface area contributed by atoms with E-state index in [1.807, 2.05) is 20.9 Å². The molecule has 152 valence electrons. The number of hydrogen-bond acceptors (Lipinski definition) is 5. The molecule has 2 aliphatic rings. The maximum atomic E-state index is 5.73. The van der Waals surface area contributed by atoms with Crippen molar-refractivity contribution in [2.75, 3.05) is 45.5 Å². The molecule has 0 spiro atoms. The van der Waals surface area contributed by atoms with Crippen LogP contribution in [-0.2, 0) is 6.54 Å². The summed E-state index contributed by atoms with van der Waals surface area (Å²) < 4.78 is 5.73. The largest absolute Gasteiger partial charge is 0.444 e. The number of aryl methyl sites for hydroxylation is 2. The predicted octanol–water partition coefficient (Wildman–Crippen LogP) is 2.91. The second-order valence-electron chi connectivity index (χ2n) is 7.74. The minimum atomic E-state index is 0.715. The van der Waals surface area contributed by atoms with Crippen molar-refractivity contribution in [2.45, 2.75) is 51.8 Å². The molecular formula is C20H35N5OS. The summed E-state index contributed by atoms with van der Waals surface area (Å²) >= 11 is 2.10. The van der Waals surface area contributed by atoms with E-state index in [-0.39, 0.29) is 0 Å². The Morgan fingerprint density at radius 2 is 2.07 bits per heavy atom. The van der Waals surface area contributed by atoms with Crippen molar-refractivity contribution in [1.29, 1.82) is 0 Å².